The SMILES string of the molecule is C=C(Cc1ccccc1)ONCc1ccccc1C. The fourth-order valence-corrected chi connectivity index (χ4v) is 1.88. The third kappa shape index (κ3) is 4.27. The van der Waals surface area contributed by atoms with Crippen LogP contribution in [0.25, 0.3) is 0 Å². The highest BCUT2D eigenvalue weighted by Crippen LogP contribution is 2.08. The molecule has 2 heteroatoms. The van der Waals surface area contributed by atoms with E-state index in [-0.39, 0.29) is 0 Å². The number of hydrogen-bond acceptors (Lipinski definition) is 2. The minimum Gasteiger partial charge on any atom is -0.413 e. The summed E-state index contributed by atoms with van der Waals surface area (Å²) in [6.07, 6.45) is 0.724. The van der Waals surface area contributed by atoms with Crippen LogP contribution in [-0.2, 0) is 17.8 Å². The number of nitrogens with one attached hydrogen (secondary N) is 1. The molecule has 0 spiro atoms. The molecule has 0 unspecified atom stereocenters. The summed E-state index contributed by atoms with van der Waals surface area (Å²) in [7, 11) is 0. The molecule has 2 aromatic rings. The zero-order valence-electron chi connectivity index (χ0n) is 11.2. The summed E-state index contributed by atoms with van der Waals surface area (Å²) in [5, 5.41) is 0. The number of rotatable bonds is 6. The topological polar surface area (TPSA) is 21.3 Å². The first-order valence-corrected chi connectivity index (χ1v) is 6.41. The molecule has 0 fully saturated rings. The Bertz CT molecular complexity index is 534. The molecule has 0 amide bonds. The molecule has 0 saturated carbocycles. The molecule has 0 saturated heterocycles. The summed E-state index contributed by atoms with van der Waals surface area (Å²) in [6.45, 7) is 6.69. The van der Waals surface area contributed by atoms with Crippen molar-refractivity contribution in [2.24, 2.45) is 0 Å². The van der Waals surface area contributed by atoms with Crippen LogP contribution in [-0.4, -0.2) is 0 Å². The largest absolute Gasteiger partial charge is 0.413 e. The van der Waals surface area contributed by atoms with Crippen LogP contribution in [0.3, 0.4) is 0 Å². The van der Waals surface area contributed by atoms with Crippen molar-refractivity contribution < 1.29 is 4.84 Å². The van der Waals surface area contributed by atoms with Gasteiger partial charge in [0.25, 0.3) is 0 Å². The predicted molar refractivity (Wildman–Crippen MR) is 78.4 cm³/mol. The highest BCUT2D eigenvalue weighted by molar-refractivity contribution is 5.25. The first-order valence-electron chi connectivity index (χ1n) is 6.41. The molecule has 2 nitrogen and oxygen atoms in total. The number of hydroxylamine groups is 1. The minimum atomic E-state index is 0.681. The second kappa shape index (κ2) is 6.76. The molecule has 2 rings (SSSR count). The van der Waals surface area contributed by atoms with Gasteiger partial charge in [-0.25, -0.2) is 0 Å². The number of benzene rings is 2. The van der Waals surface area contributed by atoms with Crippen LogP contribution >= 0.6 is 0 Å². The van der Waals surface area contributed by atoms with Crippen molar-refractivity contribution in [3.05, 3.63) is 83.6 Å². The van der Waals surface area contributed by atoms with Crippen LogP contribution in [0.15, 0.2) is 66.9 Å². The fourth-order valence-electron chi connectivity index (χ4n) is 1.88. The van der Waals surface area contributed by atoms with Gasteiger partial charge in [-0.15, -0.1) is 0 Å². The van der Waals surface area contributed by atoms with E-state index in [0.717, 1.165) is 12.2 Å². The lowest BCUT2D eigenvalue weighted by Crippen LogP contribution is -2.15. The Hall–Kier alpha value is -2.06. The van der Waals surface area contributed by atoms with Crippen LogP contribution in [0.1, 0.15) is 16.7 Å². The van der Waals surface area contributed by atoms with E-state index in [2.05, 4.69) is 43.2 Å². The van der Waals surface area contributed by atoms with Crippen LogP contribution < -0.4 is 5.48 Å². The summed E-state index contributed by atoms with van der Waals surface area (Å²) in [5.74, 6) is 0.722. The summed E-state index contributed by atoms with van der Waals surface area (Å²) < 4.78 is 0. The van der Waals surface area contributed by atoms with Crippen LogP contribution in [0.5, 0.6) is 0 Å². The van der Waals surface area contributed by atoms with E-state index in [4.69, 9.17) is 4.84 Å². The third-order valence-electron chi connectivity index (χ3n) is 2.98. The summed E-state index contributed by atoms with van der Waals surface area (Å²) in [5.41, 5.74) is 6.65. The molecule has 0 bridgehead atoms. The van der Waals surface area contributed by atoms with E-state index in [9.17, 15) is 0 Å². The number of allylic oxidation sites excluding steroid dienone is 1. The molecule has 98 valence electrons. The zero-order valence-corrected chi connectivity index (χ0v) is 11.2. The Balaban J connectivity index is 1.77. The predicted octanol–water partition coefficient (Wildman–Crippen LogP) is 3.77. The lowest BCUT2D eigenvalue weighted by Gasteiger charge is -2.11. The van der Waals surface area contributed by atoms with E-state index in [0.29, 0.717) is 6.54 Å². The number of aryl methyl sites for hydroxylation is 1. The average Bonchev–Trinajstić information content (AvgIpc) is 2.42. The molecule has 0 aromatic heterocycles. The van der Waals surface area contributed by atoms with E-state index in [1.54, 1.807) is 0 Å². The van der Waals surface area contributed by atoms with Gasteiger partial charge < -0.3 is 4.84 Å². The smallest absolute Gasteiger partial charge is 0.121 e. The fraction of sp³-hybridized carbons (Fsp3) is 0.176. The molecule has 2 aromatic carbocycles. The maximum atomic E-state index is 5.46. The Labute approximate surface area is 114 Å². The number of hydrogen-bond donors (Lipinski definition) is 1. The average molecular weight is 253 g/mol. The normalized spacial score (nSPS) is 10.2. The summed E-state index contributed by atoms with van der Waals surface area (Å²) in [4.78, 5) is 5.46. The van der Waals surface area contributed by atoms with Gasteiger partial charge in [0.1, 0.15) is 5.76 Å². The summed E-state index contributed by atoms with van der Waals surface area (Å²) in [6, 6.07) is 18.4. The molecule has 0 radical (unpaired) electrons. The van der Waals surface area contributed by atoms with Gasteiger partial charge in [0.15, 0.2) is 0 Å². The van der Waals surface area contributed by atoms with Gasteiger partial charge in [-0.2, -0.15) is 5.48 Å². The van der Waals surface area contributed by atoms with Gasteiger partial charge >= 0.3 is 0 Å². The third-order valence-corrected chi connectivity index (χ3v) is 2.98. The van der Waals surface area contributed by atoms with Gasteiger partial charge in [0, 0.05) is 6.42 Å². The standard InChI is InChI=1S/C17H19NO/c1-14-8-6-7-11-17(14)13-18-19-15(2)12-16-9-4-3-5-10-16/h3-11,18H,2,12-13H2,1H3. The minimum absolute atomic E-state index is 0.681. The second-order valence-corrected chi connectivity index (χ2v) is 4.55. The van der Waals surface area contributed by atoms with Crippen molar-refractivity contribution in [1.29, 1.82) is 0 Å². The van der Waals surface area contributed by atoms with Gasteiger partial charge in [-0.1, -0.05) is 61.2 Å². The molecular formula is C17H19NO. The monoisotopic (exact) mass is 253 g/mol. The van der Waals surface area contributed by atoms with E-state index in [1.165, 1.54) is 16.7 Å². The van der Waals surface area contributed by atoms with Gasteiger partial charge in [-0.05, 0) is 23.6 Å². The van der Waals surface area contributed by atoms with Crippen molar-refractivity contribution in [1.82, 2.24) is 5.48 Å². The Morgan fingerprint density at radius 3 is 2.47 bits per heavy atom. The second-order valence-electron chi connectivity index (χ2n) is 4.55. The highest BCUT2D eigenvalue weighted by atomic mass is 16.6. The van der Waals surface area contributed by atoms with Crippen molar-refractivity contribution in [3.63, 3.8) is 0 Å². The Morgan fingerprint density at radius 1 is 1.05 bits per heavy atom. The summed E-state index contributed by atoms with van der Waals surface area (Å²) >= 11 is 0. The Morgan fingerprint density at radius 2 is 1.74 bits per heavy atom. The zero-order chi connectivity index (χ0) is 13.5. The maximum Gasteiger partial charge on any atom is 0.121 e. The molecule has 1 N–H and O–H groups in total. The molecule has 19 heavy (non-hydrogen) atoms. The van der Waals surface area contributed by atoms with Crippen LogP contribution in [0, 0.1) is 6.92 Å². The van der Waals surface area contributed by atoms with E-state index >= 15 is 0 Å². The molecule has 0 atom stereocenters. The molecule has 0 aliphatic heterocycles. The van der Waals surface area contributed by atoms with Crippen molar-refractivity contribution in [3.8, 4) is 0 Å². The molecular weight excluding hydrogens is 234 g/mol. The van der Waals surface area contributed by atoms with Gasteiger partial charge in [0.2, 0.25) is 0 Å². The quantitative estimate of drug-likeness (QED) is 0.625. The van der Waals surface area contributed by atoms with Crippen molar-refractivity contribution in [2.75, 3.05) is 0 Å². The van der Waals surface area contributed by atoms with Gasteiger partial charge in [-0.3, -0.25) is 0 Å². The highest BCUT2D eigenvalue weighted by Gasteiger charge is 2.00. The molecule has 0 aliphatic carbocycles. The lowest BCUT2D eigenvalue weighted by atomic mass is 10.1. The van der Waals surface area contributed by atoms with Crippen LogP contribution in [0.4, 0.5) is 0 Å². The van der Waals surface area contributed by atoms with Gasteiger partial charge in [0.05, 0.1) is 6.54 Å². The first kappa shape index (κ1) is 13.4. The lowest BCUT2D eigenvalue weighted by molar-refractivity contribution is 0.0972. The van der Waals surface area contributed by atoms with Crippen LogP contribution in [0.2, 0.25) is 0 Å². The van der Waals surface area contributed by atoms with E-state index < -0.39 is 0 Å². The Kier molecular flexibility index (Phi) is 4.76. The van der Waals surface area contributed by atoms with E-state index in [1.807, 2.05) is 30.3 Å². The molecule has 0 aliphatic rings. The first-order chi connectivity index (χ1) is 9.25. The van der Waals surface area contributed by atoms with Crippen molar-refractivity contribution in [2.45, 2.75) is 19.9 Å². The van der Waals surface area contributed by atoms with Crippen molar-refractivity contribution >= 4 is 0 Å². The maximum absolute atomic E-state index is 5.46. The molecule has 0 heterocycles.